The van der Waals surface area contributed by atoms with Crippen molar-refractivity contribution in [1.29, 1.82) is 0 Å². The van der Waals surface area contributed by atoms with Crippen molar-refractivity contribution >= 4 is 39.7 Å². The number of hydrogen-bond donors (Lipinski definition) is 2. The largest absolute Gasteiger partial charge is 0.368 e. The van der Waals surface area contributed by atoms with Crippen molar-refractivity contribution in [2.24, 2.45) is 5.73 Å². The molecule has 0 radical (unpaired) electrons. The summed E-state index contributed by atoms with van der Waals surface area (Å²) in [6.45, 7) is 1.55. The van der Waals surface area contributed by atoms with E-state index in [-0.39, 0.29) is 10.3 Å². The van der Waals surface area contributed by atoms with Gasteiger partial charge in [0.2, 0.25) is 5.91 Å². The number of rotatable bonds is 2. The van der Waals surface area contributed by atoms with Crippen LogP contribution in [-0.4, -0.2) is 15.5 Å². The predicted molar refractivity (Wildman–Crippen MR) is 65.2 cm³/mol. The number of carbonyl (C=O) groups is 1. The molecule has 1 atom stereocenters. The molecule has 16 heavy (non-hydrogen) atoms. The summed E-state index contributed by atoms with van der Waals surface area (Å²) in [7, 11) is 0. The molecule has 84 valence electrons. The second-order valence-corrected chi connectivity index (χ2v) is 4.65. The molecule has 2 aromatic heterocycles. The van der Waals surface area contributed by atoms with Crippen molar-refractivity contribution in [3.05, 3.63) is 26.6 Å². The summed E-state index contributed by atoms with van der Waals surface area (Å²) in [6, 6.07) is 1.03. The lowest BCUT2D eigenvalue weighted by molar-refractivity contribution is -0.120. The van der Waals surface area contributed by atoms with Gasteiger partial charge in [-0.2, -0.15) is 0 Å². The van der Waals surface area contributed by atoms with Crippen LogP contribution in [0.15, 0.2) is 16.2 Å². The molecule has 1 unspecified atom stereocenters. The van der Waals surface area contributed by atoms with Gasteiger partial charge >= 0.3 is 0 Å². The Morgan fingerprint density at radius 2 is 2.38 bits per heavy atom. The molecule has 0 aromatic carbocycles. The number of hydrogen-bond acceptors (Lipinski definition) is 4. The van der Waals surface area contributed by atoms with E-state index in [0.29, 0.717) is 10.2 Å². The van der Waals surface area contributed by atoms with Crippen LogP contribution in [0.5, 0.6) is 0 Å². The lowest BCUT2D eigenvalue weighted by Crippen LogP contribution is -2.32. The first-order valence-electron chi connectivity index (χ1n) is 4.53. The van der Waals surface area contributed by atoms with Crippen molar-refractivity contribution in [2.75, 3.05) is 0 Å². The maximum atomic E-state index is 12.0. The van der Waals surface area contributed by atoms with Crippen molar-refractivity contribution in [3.8, 4) is 0 Å². The molecule has 3 N–H and O–H groups in total. The Labute approximate surface area is 99.5 Å². The summed E-state index contributed by atoms with van der Waals surface area (Å²) < 4.78 is 1.96. The first kappa shape index (κ1) is 11.0. The molecule has 0 bridgehead atoms. The normalized spacial score (nSPS) is 12.8. The standard InChI is InChI=1S/C9H9N3O2S2/c1-4(7(10)13)12-8(14)6-5(2-3-16-6)11-9(12)15/h2-4H,1H3,(H2,10,13)(H,11,15). The molecular formula is C9H9N3O2S2. The first-order chi connectivity index (χ1) is 7.52. The number of carbonyl (C=O) groups excluding carboxylic acids is 1. The van der Waals surface area contributed by atoms with Gasteiger partial charge in [-0.25, -0.2) is 0 Å². The summed E-state index contributed by atoms with van der Waals surface area (Å²) in [4.78, 5) is 26.0. The van der Waals surface area contributed by atoms with E-state index < -0.39 is 11.9 Å². The summed E-state index contributed by atoms with van der Waals surface area (Å²) >= 11 is 6.34. The van der Waals surface area contributed by atoms with Crippen LogP contribution in [0.4, 0.5) is 0 Å². The van der Waals surface area contributed by atoms with Crippen molar-refractivity contribution < 1.29 is 4.79 Å². The monoisotopic (exact) mass is 255 g/mol. The Morgan fingerprint density at radius 3 is 3.00 bits per heavy atom. The molecule has 2 aromatic rings. The van der Waals surface area contributed by atoms with Gasteiger partial charge in [0.25, 0.3) is 5.56 Å². The molecule has 0 aliphatic heterocycles. The Balaban J connectivity index is 2.84. The van der Waals surface area contributed by atoms with E-state index in [4.69, 9.17) is 18.0 Å². The third-order valence-corrected chi connectivity index (χ3v) is 3.54. The second-order valence-electron chi connectivity index (χ2n) is 3.35. The van der Waals surface area contributed by atoms with Crippen LogP contribution in [0.2, 0.25) is 0 Å². The maximum Gasteiger partial charge on any atom is 0.272 e. The Hall–Kier alpha value is -1.47. The van der Waals surface area contributed by atoms with E-state index in [9.17, 15) is 9.59 Å². The van der Waals surface area contributed by atoms with Gasteiger partial charge in [0.05, 0.1) is 5.52 Å². The molecule has 0 saturated heterocycles. The molecule has 2 heterocycles. The van der Waals surface area contributed by atoms with Gasteiger partial charge in [-0.1, -0.05) is 0 Å². The summed E-state index contributed by atoms with van der Waals surface area (Å²) in [5, 5.41) is 1.79. The van der Waals surface area contributed by atoms with E-state index in [1.54, 1.807) is 18.4 Å². The van der Waals surface area contributed by atoms with Gasteiger partial charge in [-0.3, -0.25) is 14.2 Å². The fourth-order valence-electron chi connectivity index (χ4n) is 1.43. The number of nitrogens with zero attached hydrogens (tertiary/aromatic N) is 1. The molecule has 0 aliphatic carbocycles. The fourth-order valence-corrected chi connectivity index (χ4v) is 2.57. The van der Waals surface area contributed by atoms with Gasteiger partial charge in [0.1, 0.15) is 10.7 Å². The number of nitrogens with two attached hydrogens (primary N) is 1. The van der Waals surface area contributed by atoms with Crippen LogP contribution in [0, 0.1) is 4.77 Å². The lowest BCUT2D eigenvalue weighted by Gasteiger charge is -2.11. The molecule has 5 nitrogen and oxygen atoms in total. The number of aromatic amines is 1. The fraction of sp³-hybridized carbons (Fsp3) is 0.222. The SMILES string of the molecule is CC(C(N)=O)n1c(=S)[nH]c2ccsc2c1=O. The number of nitrogens with one attached hydrogen (secondary N) is 1. The van der Waals surface area contributed by atoms with E-state index in [1.807, 2.05) is 0 Å². The van der Waals surface area contributed by atoms with E-state index in [2.05, 4.69) is 4.98 Å². The quantitative estimate of drug-likeness (QED) is 0.790. The van der Waals surface area contributed by atoms with Gasteiger partial charge < -0.3 is 10.7 Å². The smallest absolute Gasteiger partial charge is 0.272 e. The molecule has 0 saturated carbocycles. The minimum Gasteiger partial charge on any atom is -0.368 e. The lowest BCUT2D eigenvalue weighted by atomic mass is 10.3. The summed E-state index contributed by atoms with van der Waals surface area (Å²) in [5.74, 6) is -0.586. The van der Waals surface area contributed by atoms with Crippen LogP contribution < -0.4 is 11.3 Å². The van der Waals surface area contributed by atoms with Gasteiger partial charge in [0.15, 0.2) is 4.77 Å². The van der Waals surface area contributed by atoms with E-state index >= 15 is 0 Å². The number of primary amides is 1. The Morgan fingerprint density at radius 1 is 1.69 bits per heavy atom. The molecular weight excluding hydrogens is 246 g/mol. The van der Waals surface area contributed by atoms with E-state index in [1.165, 1.54) is 15.9 Å². The van der Waals surface area contributed by atoms with Gasteiger partial charge in [0, 0.05) is 0 Å². The molecule has 1 amide bonds. The topological polar surface area (TPSA) is 80.9 Å². The van der Waals surface area contributed by atoms with Crippen molar-refractivity contribution in [3.63, 3.8) is 0 Å². The van der Waals surface area contributed by atoms with Crippen LogP contribution in [-0.2, 0) is 4.79 Å². The highest BCUT2D eigenvalue weighted by Gasteiger charge is 2.16. The number of aromatic nitrogens is 2. The van der Waals surface area contributed by atoms with Crippen LogP contribution >= 0.6 is 23.6 Å². The second kappa shape index (κ2) is 3.84. The molecule has 0 fully saturated rings. The van der Waals surface area contributed by atoms with Crippen LogP contribution in [0.25, 0.3) is 10.2 Å². The average molecular weight is 255 g/mol. The van der Waals surface area contributed by atoms with Crippen LogP contribution in [0.1, 0.15) is 13.0 Å². The highest BCUT2D eigenvalue weighted by atomic mass is 32.1. The summed E-state index contributed by atoms with van der Waals surface area (Å²) in [5.41, 5.74) is 5.58. The highest BCUT2D eigenvalue weighted by molar-refractivity contribution is 7.71. The molecule has 7 heteroatoms. The third-order valence-electron chi connectivity index (χ3n) is 2.34. The third kappa shape index (κ3) is 1.57. The number of thiophene rings is 1. The first-order valence-corrected chi connectivity index (χ1v) is 5.82. The van der Waals surface area contributed by atoms with Gasteiger partial charge in [-0.15, -0.1) is 11.3 Å². The zero-order valence-electron chi connectivity index (χ0n) is 8.39. The Bertz CT molecular complexity index is 667. The predicted octanol–water partition coefficient (Wildman–Crippen LogP) is 1.17. The number of H-pyrrole nitrogens is 1. The molecule has 2 rings (SSSR count). The zero-order valence-corrected chi connectivity index (χ0v) is 10.0. The van der Waals surface area contributed by atoms with Gasteiger partial charge in [-0.05, 0) is 30.6 Å². The summed E-state index contributed by atoms with van der Waals surface area (Å²) in [6.07, 6.45) is 0. The van der Waals surface area contributed by atoms with Crippen molar-refractivity contribution in [2.45, 2.75) is 13.0 Å². The molecule has 0 spiro atoms. The maximum absolute atomic E-state index is 12.0. The minimum atomic E-state index is -0.747. The van der Waals surface area contributed by atoms with Crippen molar-refractivity contribution in [1.82, 2.24) is 9.55 Å². The zero-order chi connectivity index (χ0) is 11.9. The minimum absolute atomic E-state index is 0.210. The number of fused-ring (bicyclic) bond motifs is 1. The average Bonchev–Trinajstić information content (AvgIpc) is 2.65. The van der Waals surface area contributed by atoms with E-state index in [0.717, 1.165) is 0 Å². The van der Waals surface area contributed by atoms with Crippen LogP contribution in [0.3, 0.4) is 0 Å². The Kier molecular flexibility index (Phi) is 2.64. The highest BCUT2D eigenvalue weighted by Crippen LogP contribution is 2.15. The molecule has 0 aliphatic rings. The number of amides is 1.